The molecule has 2 aromatic rings. The van der Waals surface area contributed by atoms with Crippen LogP contribution in [0.15, 0.2) is 12.7 Å². The molecule has 2 aliphatic carbocycles. The van der Waals surface area contributed by atoms with E-state index < -0.39 is 24.5 Å². The van der Waals surface area contributed by atoms with Gasteiger partial charge in [0.1, 0.15) is 24.6 Å². The lowest BCUT2D eigenvalue weighted by Crippen LogP contribution is -2.33. The lowest BCUT2D eigenvalue weighted by atomic mass is 9.95. The molecule has 0 amide bonds. The van der Waals surface area contributed by atoms with E-state index in [1.807, 2.05) is 0 Å². The second-order valence-corrected chi connectivity index (χ2v) is 7.99. The number of hydrogen-bond donors (Lipinski definition) is 4. The molecule has 0 aromatic carbocycles. The van der Waals surface area contributed by atoms with Gasteiger partial charge in [-0.3, -0.25) is 4.57 Å². The largest absolute Gasteiger partial charge is 0.394 e. The average molecular weight is 375 g/mol. The maximum atomic E-state index is 10.3. The van der Waals surface area contributed by atoms with Crippen LogP contribution in [0.4, 0.5) is 5.82 Å². The van der Waals surface area contributed by atoms with Crippen LogP contribution in [0.2, 0.25) is 0 Å². The Morgan fingerprint density at radius 3 is 2.74 bits per heavy atom. The molecule has 27 heavy (non-hydrogen) atoms. The first-order valence-electron chi connectivity index (χ1n) is 9.37. The highest BCUT2D eigenvalue weighted by atomic mass is 16.6. The van der Waals surface area contributed by atoms with Crippen molar-refractivity contribution in [2.75, 3.05) is 11.9 Å². The fourth-order valence-corrected chi connectivity index (χ4v) is 5.20. The summed E-state index contributed by atoms with van der Waals surface area (Å²) in [7, 11) is 0. The zero-order valence-electron chi connectivity index (χ0n) is 14.4. The number of nitrogens with one attached hydrogen (secondary N) is 1. The summed E-state index contributed by atoms with van der Waals surface area (Å²) >= 11 is 0. The monoisotopic (exact) mass is 375 g/mol. The van der Waals surface area contributed by atoms with Crippen LogP contribution in [0.1, 0.15) is 19.1 Å². The summed E-state index contributed by atoms with van der Waals surface area (Å²) in [5.74, 6) is 1.82. The van der Waals surface area contributed by atoms with Gasteiger partial charge < -0.3 is 30.1 Å². The molecular weight excluding hydrogens is 354 g/mol. The number of aromatic nitrogens is 4. The Bertz CT molecular complexity index is 892. The van der Waals surface area contributed by atoms with Gasteiger partial charge in [-0.2, -0.15) is 0 Å². The number of ether oxygens (including phenoxy) is 2. The fourth-order valence-electron chi connectivity index (χ4n) is 5.20. The summed E-state index contributed by atoms with van der Waals surface area (Å²) in [6.07, 6.45) is 2.07. The van der Waals surface area contributed by atoms with Crippen molar-refractivity contribution in [2.24, 2.45) is 11.8 Å². The van der Waals surface area contributed by atoms with Crippen LogP contribution >= 0.6 is 0 Å². The highest BCUT2D eigenvalue weighted by Crippen LogP contribution is 2.56. The zero-order chi connectivity index (χ0) is 18.3. The molecule has 144 valence electrons. The molecule has 4 heterocycles. The van der Waals surface area contributed by atoms with E-state index in [-0.39, 0.29) is 6.61 Å². The molecule has 0 radical (unpaired) electrons. The lowest BCUT2D eigenvalue weighted by Gasteiger charge is -2.21. The predicted molar refractivity (Wildman–Crippen MR) is 90.6 cm³/mol. The molecule has 2 bridgehead atoms. The van der Waals surface area contributed by atoms with Gasteiger partial charge in [0, 0.05) is 12.0 Å². The summed E-state index contributed by atoms with van der Waals surface area (Å²) in [4.78, 5) is 13.1. The first kappa shape index (κ1) is 16.1. The molecule has 9 atom stereocenters. The Morgan fingerprint density at radius 1 is 1.11 bits per heavy atom. The number of rotatable bonds is 4. The molecule has 7 unspecified atom stereocenters. The third-order valence-corrected chi connectivity index (χ3v) is 6.57. The highest BCUT2D eigenvalue weighted by Gasteiger charge is 2.63. The SMILES string of the molecule is OC[C@H]1O[C@@H](n2cnc3c(NC4CC5CC4C4OC54)ncnc32)C(O)C1O. The molecule has 0 spiro atoms. The second-order valence-electron chi connectivity index (χ2n) is 7.99. The molecule has 10 nitrogen and oxygen atoms in total. The van der Waals surface area contributed by atoms with E-state index in [2.05, 4.69) is 20.3 Å². The van der Waals surface area contributed by atoms with Crippen molar-refractivity contribution in [3.8, 4) is 0 Å². The van der Waals surface area contributed by atoms with Crippen LogP contribution in [0.25, 0.3) is 11.2 Å². The molecule has 4 N–H and O–H groups in total. The number of fused-ring (bicyclic) bond motifs is 6. The van der Waals surface area contributed by atoms with Crippen molar-refractivity contribution in [3.05, 3.63) is 12.7 Å². The minimum absolute atomic E-state index is 0.316. The Kier molecular flexibility index (Phi) is 3.34. The Labute approximate surface area is 154 Å². The third kappa shape index (κ3) is 2.21. The van der Waals surface area contributed by atoms with Gasteiger partial charge in [0.05, 0.1) is 25.1 Å². The van der Waals surface area contributed by atoms with E-state index in [1.165, 1.54) is 19.1 Å². The minimum Gasteiger partial charge on any atom is -0.394 e. The van der Waals surface area contributed by atoms with Crippen LogP contribution in [0, 0.1) is 11.8 Å². The van der Waals surface area contributed by atoms with Crippen molar-refractivity contribution in [1.29, 1.82) is 0 Å². The first-order valence-corrected chi connectivity index (χ1v) is 9.37. The Morgan fingerprint density at radius 2 is 2.00 bits per heavy atom. The van der Waals surface area contributed by atoms with Crippen molar-refractivity contribution >= 4 is 17.0 Å². The van der Waals surface area contributed by atoms with Crippen LogP contribution in [-0.2, 0) is 9.47 Å². The number of epoxide rings is 1. The first-order chi connectivity index (χ1) is 13.2. The van der Waals surface area contributed by atoms with E-state index >= 15 is 0 Å². The number of hydrogen-bond acceptors (Lipinski definition) is 9. The van der Waals surface area contributed by atoms with Crippen molar-refractivity contribution in [1.82, 2.24) is 19.5 Å². The summed E-state index contributed by atoms with van der Waals surface area (Å²) in [5.41, 5.74) is 1.09. The van der Waals surface area contributed by atoms with E-state index in [0.29, 0.717) is 47.1 Å². The standard InChI is InChI=1S/C17H21N5O5/c23-3-9-11(24)12(25)17(26-9)22-5-20-10-15(18-4-19-16(10)22)21-8-2-6-1-7(8)14-13(6)27-14/h4-9,11-14,17,23-25H,1-3H2,(H,18,19,21)/t6?,7?,8?,9-,11?,12?,13?,14?,17-/m1/s1. The van der Waals surface area contributed by atoms with E-state index in [1.54, 1.807) is 4.57 Å². The molecule has 2 aromatic heterocycles. The van der Waals surface area contributed by atoms with Gasteiger partial charge >= 0.3 is 0 Å². The summed E-state index contributed by atoms with van der Waals surface area (Å²) in [6, 6.07) is 0.316. The number of nitrogens with zero attached hydrogens (tertiary/aromatic N) is 4. The Balaban J connectivity index is 1.30. The topological polar surface area (TPSA) is 138 Å². The van der Waals surface area contributed by atoms with Crippen molar-refractivity contribution in [2.45, 2.75) is 55.6 Å². The van der Waals surface area contributed by atoms with Gasteiger partial charge in [-0.1, -0.05) is 0 Å². The van der Waals surface area contributed by atoms with Gasteiger partial charge in [0.2, 0.25) is 0 Å². The predicted octanol–water partition coefficient (Wildman–Crippen LogP) is -0.974. The molecule has 2 saturated heterocycles. The van der Waals surface area contributed by atoms with Crippen molar-refractivity contribution in [3.63, 3.8) is 0 Å². The third-order valence-electron chi connectivity index (χ3n) is 6.57. The number of imidazole rings is 1. The van der Waals surface area contributed by atoms with Crippen LogP contribution in [0.5, 0.6) is 0 Å². The molecule has 10 heteroatoms. The van der Waals surface area contributed by atoms with Crippen LogP contribution < -0.4 is 5.32 Å². The molecule has 2 saturated carbocycles. The molecule has 4 fully saturated rings. The number of aliphatic hydroxyl groups excluding tert-OH is 3. The zero-order valence-corrected chi connectivity index (χ0v) is 14.4. The maximum Gasteiger partial charge on any atom is 0.167 e. The number of anilines is 1. The highest BCUT2D eigenvalue weighted by molar-refractivity contribution is 5.83. The second kappa shape index (κ2) is 5.58. The summed E-state index contributed by atoms with van der Waals surface area (Å²) in [6.45, 7) is -0.377. The molecule has 6 rings (SSSR count). The maximum absolute atomic E-state index is 10.3. The van der Waals surface area contributed by atoms with E-state index in [9.17, 15) is 15.3 Å². The van der Waals surface area contributed by atoms with Gasteiger partial charge in [-0.25, -0.2) is 15.0 Å². The van der Waals surface area contributed by atoms with Crippen molar-refractivity contribution < 1.29 is 24.8 Å². The summed E-state index contributed by atoms with van der Waals surface area (Å²) in [5, 5.41) is 33.1. The van der Waals surface area contributed by atoms with Gasteiger partial charge in [0.15, 0.2) is 23.2 Å². The summed E-state index contributed by atoms with van der Waals surface area (Å²) < 4.78 is 12.9. The normalized spacial score (nSPS) is 44.8. The lowest BCUT2D eigenvalue weighted by molar-refractivity contribution is -0.0511. The molecular formula is C17H21N5O5. The average Bonchev–Trinajstić information content (AvgIpc) is 2.95. The number of aliphatic hydroxyl groups is 3. The van der Waals surface area contributed by atoms with Crippen LogP contribution in [-0.4, -0.2) is 78.0 Å². The van der Waals surface area contributed by atoms with Crippen LogP contribution in [0.3, 0.4) is 0 Å². The van der Waals surface area contributed by atoms with E-state index in [4.69, 9.17) is 9.47 Å². The minimum atomic E-state index is -1.18. The smallest absolute Gasteiger partial charge is 0.167 e. The fraction of sp³-hybridized carbons (Fsp3) is 0.706. The van der Waals surface area contributed by atoms with Gasteiger partial charge in [0.25, 0.3) is 0 Å². The van der Waals surface area contributed by atoms with Gasteiger partial charge in [-0.05, 0) is 18.8 Å². The van der Waals surface area contributed by atoms with Gasteiger partial charge in [-0.15, -0.1) is 0 Å². The molecule has 4 aliphatic rings. The quantitative estimate of drug-likeness (QED) is 0.497. The van der Waals surface area contributed by atoms with E-state index in [0.717, 1.165) is 6.42 Å². The molecule has 2 aliphatic heterocycles. The Hall–Kier alpha value is -1.85.